The second-order valence-electron chi connectivity index (χ2n) is 12.2. The van der Waals surface area contributed by atoms with Crippen LogP contribution in [0.1, 0.15) is 61.7 Å². The average molecular weight is 690 g/mol. The number of hydrogen-bond acceptors (Lipinski definition) is 7. The number of nitrogens with zero attached hydrogens (tertiary/aromatic N) is 2. The number of carboxylic acids is 1. The van der Waals surface area contributed by atoms with Crippen molar-refractivity contribution in [1.82, 2.24) is 0 Å². The van der Waals surface area contributed by atoms with Crippen molar-refractivity contribution in [3.8, 4) is 0 Å². The zero-order valence-corrected chi connectivity index (χ0v) is 31.2. The Kier molecular flexibility index (Phi) is 10.2. The van der Waals surface area contributed by atoms with Gasteiger partial charge in [-0.1, -0.05) is 32.1 Å². The molecule has 5 rings (SSSR count). The second kappa shape index (κ2) is 12.9. The number of anilines is 1. The molecule has 0 saturated heterocycles. The molecular formula is C33H34KN2O8S2+. The molecule has 0 aromatic heterocycles. The quantitative estimate of drug-likeness (QED) is 0.206. The minimum absolute atomic E-state index is 0. The minimum atomic E-state index is -4.69. The van der Waals surface area contributed by atoms with Gasteiger partial charge in [0.1, 0.15) is 10.1 Å². The van der Waals surface area contributed by atoms with Gasteiger partial charge in [-0.3, -0.25) is 4.55 Å². The van der Waals surface area contributed by atoms with Crippen LogP contribution >= 0.6 is 0 Å². The number of aromatic carboxylic acids is 1. The van der Waals surface area contributed by atoms with Gasteiger partial charge in [0.25, 0.3) is 10.1 Å². The largest absolute Gasteiger partial charge is 1.00 e. The van der Waals surface area contributed by atoms with Crippen LogP contribution in [-0.2, 0) is 37.6 Å². The fraction of sp³-hybridized carbons (Fsp3) is 0.273. The predicted molar refractivity (Wildman–Crippen MR) is 169 cm³/mol. The smallest absolute Gasteiger partial charge is 0.744 e. The molecule has 46 heavy (non-hydrogen) atoms. The number of carbonyl (C=O) groups is 1. The van der Waals surface area contributed by atoms with Crippen LogP contribution in [0.5, 0.6) is 0 Å². The molecule has 0 amide bonds. The van der Waals surface area contributed by atoms with Gasteiger partial charge in [-0.2, -0.15) is 13.0 Å². The van der Waals surface area contributed by atoms with Crippen LogP contribution in [0.15, 0.2) is 94.4 Å². The van der Waals surface area contributed by atoms with E-state index in [1.54, 1.807) is 24.3 Å². The van der Waals surface area contributed by atoms with Gasteiger partial charge in [0.15, 0.2) is 12.3 Å². The maximum atomic E-state index is 11.9. The number of likely N-dealkylation sites (N-methyl/N-ethyl adjacent to an activating group) is 1. The molecule has 13 heteroatoms. The number of benzene rings is 3. The van der Waals surface area contributed by atoms with Gasteiger partial charge in [-0.05, 0) is 74.9 Å². The van der Waals surface area contributed by atoms with E-state index in [1.807, 2.05) is 57.4 Å². The third-order valence-corrected chi connectivity index (χ3v) is 10.4. The van der Waals surface area contributed by atoms with Crippen molar-refractivity contribution in [3.05, 3.63) is 107 Å². The second-order valence-corrected chi connectivity index (χ2v) is 15.0. The molecule has 0 atom stereocenters. The fourth-order valence-electron chi connectivity index (χ4n) is 6.30. The molecular weight excluding hydrogens is 656 g/mol. The normalized spacial score (nSPS) is 17.7. The van der Waals surface area contributed by atoms with E-state index in [4.69, 9.17) is 0 Å². The van der Waals surface area contributed by atoms with Crippen molar-refractivity contribution < 1.29 is 91.8 Å². The van der Waals surface area contributed by atoms with Crippen LogP contribution in [0.25, 0.3) is 0 Å². The zero-order chi connectivity index (χ0) is 33.1. The Morgan fingerprint density at radius 3 is 2.09 bits per heavy atom. The third-order valence-electron chi connectivity index (χ3n) is 8.68. The SMILES string of the molecule is CCN1C(=CC=CC2=[N+](Cc3ccc(C(=O)O)cc3)c3ccc(S(=O)(=O)[O-])cc3C2(C)C)C(C)(C)c2cc(S(=O)(=O)O)ccc21.[K+]. The molecule has 10 nitrogen and oxygen atoms in total. The summed E-state index contributed by atoms with van der Waals surface area (Å²) in [6.45, 7) is 10.8. The summed E-state index contributed by atoms with van der Waals surface area (Å²) in [6.07, 6.45) is 5.78. The molecule has 2 heterocycles. The summed E-state index contributed by atoms with van der Waals surface area (Å²) >= 11 is 0. The standard InChI is InChI=1S/C33H34N2O8S2.K/c1-6-34-27-16-14-23(44(38,39)40)18-25(27)32(2,3)29(34)8-7-9-30-33(4,5)26-19-24(45(41,42)43)15-17-28(26)35(30)20-21-10-12-22(13-11-21)31(36)37;/h7-19H,6,20H2,1-5H3,(H2-,36,37,38,39,40,41,42,43);/q;+1. The molecule has 0 bridgehead atoms. The van der Waals surface area contributed by atoms with Crippen LogP contribution in [0, 0.1) is 0 Å². The third kappa shape index (κ3) is 6.62. The van der Waals surface area contributed by atoms with E-state index in [1.165, 1.54) is 36.4 Å². The summed E-state index contributed by atoms with van der Waals surface area (Å²) in [6, 6.07) is 15.4. The van der Waals surface area contributed by atoms with Crippen LogP contribution in [0.2, 0.25) is 0 Å². The Morgan fingerprint density at radius 2 is 1.52 bits per heavy atom. The van der Waals surface area contributed by atoms with Crippen molar-refractivity contribution in [2.75, 3.05) is 11.4 Å². The Labute approximate surface area is 312 Å². The number of allylic oxidation sites excluding steroid dienone is 4. The first-order valence-corrected chi connectivity index (χ1v) is 17.1. The van der Waals surface area contributed by atoms with Gasteiger partial charge >= 0.3 is 57.4 Å². The maximum Gasteiger partial charge on any atom is 1.00 e. The topological polar surface area (TPSA) is 155 Å². The first kappa shape index (κ1) is 36.4. The van der Waals surface area contributed by atoms with Crippen LogP contribution in [-0.4, -0.2) is 53.8 Å². The Morgan fingerprint density at radius 1 is 0.913 bits per heavy atom. The van der Waals surface area contributed by atoms with Crippen molar-refractivity contribution in [1.29, 1.82) is 0 Å². The molecule has 3 aromatic rings. The van der Waals surface area contributed by atoms with Crippen molar-refractivity contribution in [2.24, 2.45) is 0 Å². The molecule has 236 valence electrons. The monoisotopic (exact) mass is 689 g/mol. The summed E-state index contributed by atoms with van der Waals surface area (Å²) in [5.41, 5.74) is 4.40. The first-order chi connectivity index (χ1) is 20.9. The van der Waals surface area contributed by atoms with E-state index in [2.05, 4.69) is 4.90 Å². The van der Waals surface area contributed by atoms with Gasteiger partial charge < -0.3 is 14.6 Å². The average Bonchev–Trinajstić information content (AvgIpc) is 3.30. The first-order valence-electron chi connectivity index (χ1n) is 14.2. The van der Waals surface area contributed by atoms with E-state index >= 15 is 0 Å². The van der Waals surface area contributed by atoms with Gasteiger partial charge in [-0.25, -0.2) is 13.2 Å². The van der Waals surface area contributed by atoms with E-state index in [0.29, 0.717) is 18.7 Å². The van der Waals surface area contributed by atoms with E-state index < -0.39 is 37.0 Å². The molecule has 0 aliphatic carbocycles. The molecule has 0 radical (unpaired) electrons. The van der Waals surface area contributed by atoms with Gasteiger partial charge in [0.2, 0.25) is 5.69 Å². The minimum Gasteiger partial charge on any atom is -0.744 e. The Balaban J connectivity index is 0.00000480. The molecule has 0 spiro atoms. The summed E-state index contributed by atoms with van der Waals surface area (Å²) in [4.78, 5) is 13.0. The van der Waals surface area contributed by atoms with E-state index in [9.17, 15) is 35.8 Å². The van der Waals surface area contributed by atoms with Gasteiger partial charge in [0, 0.05) is 46.6 Å². The van der Waals surface area contributed by atoms with E-state index in [-0.39, 0.29) is 66.7 Å². The number of rotatable bonds is 8. The molecule has 0 saturated carbocycles. The predicted octanol–water partition coefficient (Wildman–Crippen LogP) is 2.37. The Hall–Kier alpha value is -2.46. The van der Waals surface area contributed by atoms with Crippen LogP contribution in [0.3, 0.4) is 0 Å². The molecule has 2 aliphatic rings. The van der Waals surface area contributed by atoms with Gasteiger partial charge in [0.05, 0.1) is 20.8 Å². The number of hydrogen-bond donors (Lipinski definition) is 2. The van der Waals surface area contributed by atoms with E-state index in [0.717, 1.165) is 33.9 Å². The fourth-order valence-corrected chi connectivity index (χ4v) is 7.31. The molecule has 2 aliphatic heterocycles. The summed E-state index contributed by atoms with van der Waals surface area (Å²) < 4.78 is 71.1. The van der Waals surface area contributed by atoms with Gasteiger partial charge in [-0.15, -0.1) is 0 Å². The molecule has 2 N–H and O–H groups in total. The Bertz CT molecular complexity index is 2050. The number of fused-ring (bicyclic) bond motifs is 2. The van der Waals surface area contributed by atoms with Crippen LogP contribution in [0.4, 0.5) is 11.4 Å². The summed E-state index contributed by atoms with van der Waals surface area (Å²) in [5.74, 6) is -1.03. The molecule has 0 fully saturated rings. The maximum absolute atomic E-state index is 11.9. The van der Waals surface area contributed by atoms with Crippen molar-refractivity contribution in [2.45, 2.75) is 61.8 Å². The summed E-state index contributed by atoms with van der Waals surface area (Å²) in [5, 5.41) is 9.31. The zero-order valence-electron chi connectivity index (χ0n) is 26.5. The molecule has 3 aromatic carbocycles. The van der Waals surface area contributed by atoms with Crippen LogP contribution < -0.4 is 56.3 Å². The molecule has 0 unspecified atom stereocenters. The number of carboxylic acid groups (broad SMARTS) is 1. The van der Waals surface area contributed by atoms with Crippen molar-refractivity contribution >= 4 is 43.3 Å². The summed E-state index contributed by atoms with van der Waals surface area (Å²) in [7, 11) is -9.07. The van der Waals surface area contributed by atoms with Crippen molar-refractivity contribution in [3.63, 3.8) is 0 Å².